The van der Waals surface area contributed by atoms with Gasteiger partial charge < -0.3 is 9.47 Å². The van der Waals surface area contributed by atoms with Crippen LogP contribution in [0.15, 0.2) is 91.1 Å². The molecule has 1 aliphatic rings. The molecule has 0 spiro atoms. The summed E-state index contributed by atoms with van der Waals surface area (Å²) in [6.07, 6.45) is 3.96. The van der Waals surface area contributed by atoms with Crippen LogP contribution in [-0.2, 0) is 19.4 Å². The molecular weight excluding hydrogens is 470 g/mol. The molecule has 0 N–H and O–H groups in total. The summed E-state index contributed by atoms with van der Waals surface area (Å²) in [5.74, 6) is 2.37. The van der Waals surface area contributed by atoms with Gasteiger partial charge in [-0.2, -0.15) is 0 Å². The van der Waals surface area contributed by atoms with Gasteiger partial charge in [0.25, 0.3) is 0 Å². The van der Waals surface area contributed by atoms with E-state index in [1.807, 2.05) is 36.5 Å². The normalized spacial score (nSPS) is 13.3. The molecule has 2 heterocycles. The Morgan fingerprint density at radius 1 is 0.763 bits per heavy atom. The molecule has 1 aromatic heterocycles. The Balaban J connectivity index is 1.13. The SMILES string of the molecule is COc1cc2c(cc1OC)CN(CCc1ccc(-c3ccc4cnc(-c5ccccc5)nc4c3)cc1)CC2. The maximum atomic E-state index is 5.51. The number of methoxy groups -OCH3 is 2. The van der Waals surface area contributed by atoms with Crippen molar-refractivity contribution in [3.63, 3.8) is 0 Å². The van der Waals surface area contributed by atoms with Crippen LogP contribution in [0.1, 0.15) is 16.7 Å². The summed E-state index contributed by atoms with van der Waals surface area (Å²) in [7, 11) is 3.39. The van der Waals surface area contributed by atoms with E-state index in [2.05, 4.69) is 64.5 Å². The van der Waals surface area contributed by atoms with Crippen molar-refractivity contribution in [2.75, 3.05) is 27.3 Å². The van der Waals surface area contributed by atoms with Crippen LogP contribution in [0.4, 0.5) is 0 Å². The lowest BCUT2D eigenvalue weighted by Gasteiger charge is -2.29. The quantitative estimate of drug-likeness (QED) is 0.252. The van der Waals surface area contributed by atoms with Crippen molar-refractivity contribution in [3.05, 3.63) is 108 Å². The maximum Gasteiger partial charge on any atom is 0.161 e. The minimum absolute atomic E-state index is 0.753. The van der Waals surface area contributed by atoms with Gasteiger partial charge in [-0.15, -0.1) is 0 Å². The van der Waals surface area contributed by atoms with Crippen molar-refractivity contribution >= 4 is 10.9 Å². The summed E-state index contributed by atoms with van der Waals surface area (Å²) in [6.45, 7) is 3.03. The monoisotopic (exact) mass is 501 g/mol. The molecule has 0 amide bonds. The number of aromatic nitrogens is 2. The van der Waals surface area contributed by atoms with Crippen molar-refractivity contribution < 1.29 is 9.47 Å². The second-order valence-electron chi connectivity index (χ2n) is 9.78. The molecule has 0 saturated heterocycles. The summed E-state index contributed by atoms with van der Waals surface area (Å²) < 4.78 is 11.0. The van der Waals surface area contributed by atoms with Gasteiger partial charge in [-0.3, -0.25) is 4.90 Å². The van der Waals surface area contributed by atoms with Crippen molar-refractivity contribution in [1.29, 1.82) is 0 Å². The molecule has 4 aromatic carbocycles. The van der Waals surface area contributed by atoms with E-state index in [0.29, 0.717) is 0 Å². The average molecular weight is 502 g/mol. The molecular formula is C33H31N3O2. The maximum absolute atomic E-state index is 5.51. The Morgan fingerprint density at radius 2 is 1.50 bits per heavy atom. The lowest BCUT2D eigenvalue weighted by atomic mass is 9.98. The predicted octanol–water partition coefficient (Wildman–Crippen LogP) is 6.58. The summed E-state index contributed by atoms with van der Waals surface area (Å²) in [6, 6.07) is 29.7. The molecule has 0 atom stereocenters. The van der Waals surface area contributed by atoms with E-state index < -0.39 is 0 Å². The molecule has 5 nitrogen and oxygen atoms in total. The van der Waals surface area contributed by atoms with E-state index in [-0.39, 0.29) is 0 Å². The molecule has 190 valence electrons. The van der Waals surface area contributed by atoms with Gasteiger partial charge in [0.1, 0.15) is 0 Å². The van der Waals surface area contributed by atoms with Gasteiger partial charge in [0, 0.05) is 36.8 Å². The van der Waals surface area contributed by atoms with E-state index in [1.165, 1.54) is 27.8 Å². The van der Waals surface area contributed by atoms with Crippen molar-refractivity contribution in [2.45, 2.75) is 19.4 Å². The Hall–Kier alpha value is -4.22. The highest BCUT2D eigenvalue weighted by atomic mass is 16.5. The molecule has 0 bridgehead atoms. The van der Waals surface area contributed by atoms with Gasteiger partial charge in [-0.25, -0.2) is 9.97 Å². The van der Waals surface area contributed by atoms with Gasteiger partial charge >= 0.3 is 0 Å². The molecule has 0 radical (unpaired) electrons. The zero-order valence-corrected chi connectivity index (χ0v) is 21.9. The van der Waals surface area contributed by atoms with Crippen LogP contribution >= 0.6 is 0 Å². The molecule has 0 fully saturated rings. The second kappa shape index (κ2) is 10.6. The van der Waals surface area contributed by atoms with Crippen LogP contribution in [0.3, 0.4) is 0 Å². The third-order valence-electron chi connectivity index (χ3n) is 7.42. The lowest BCUT2D eigenvalue weighted by Crippen LogP contribution is -2.32. The minimum atomic E-state index is 0.753. The number of hydrogen-bond acceptors (Lipinski definition) is 5. The first-order valence-electron chi connectivity index (χ1n) is 13.1. The Morgan fingerprint density at radius 3 is 2.26 bits per heavy atom. The highest BCUT2D eigenvalue weighted by Gasteiger charge is 2.19. The van der Waals surface area contributed by atoms with Crippen LogP contribution < -0.4 is 9.47 Å². The van der Waals surface area contributed by atoms with Gasteiger partial charge in [-0.1, -0.05) is 66.7 Å². The van der Waals surface area contributed by atoms with Crippen LogP contribution in [0.25, 0.3) is 33.4 Å². The number of nitrogens with zero attached hydrogens (tertiary/aromatic N) is 3. The lowest BCUT2D eigenvalue weighted by molar-refractivity contribution is 0.255. The smallest absolute Gasteiger partial charge is 0.161 e. The molecule has 1 aliphatic heterocycles. The third kappa shape index (κ3) is 4.98. The molecule has 6 rings (SSSR count). The number of hydrogen-bond donors (Lipinski definition) is 0. The van der Waals surface area contributed by atoms with Crippen LogP contribution in [0, 0.1) is 0 Å². The average Bonchev–Trinajstić information content (AvgIpc) is 2.99. The standard InChI is InChI=1S/C33H31N3O2/c1-37-31-19-27-15-17-36(22-29(27)20-32(31)38-2)16-14-23-8-10-24(11-9-23)26-12-13-28-21-34-33(35-30(28)18-26)25-6-4-3-5-7-25/h3-13,18-21H,14-17,22H2,1-2H3. The summed E-state index contributed by atoms with van der Waals surface area (Å²) in [5, 5.41) is 1.05. The topological polar surface area (TPSA) is 47.5 Å². The van der Waals surface area contributed by atoms with Gasteiger partial charge in [0.2, 0.25) is 0 Å². The van der Waals surface area contributed by atoms with Crippen LogP contribution in [-0.4, -0.2) is 42.2 Å². The Labute approximate surface area is 223 Å². The molecule has 5 heteroatoms. The van der Waals surface area contributed by atoms with Gasteiger partial charge in [0.15, 0.2) is 17.3 Å². The molecule has 5 aromatic rings. The van der Waals surface area contributed by atoms with Crippen molar-refractivity contribution in [1.82, 2.24) is 14.9 Å². The highest BCUT2D eigenvalue weighted by molar-refractivity contribution is 5.85. The zero-order chi connectivity index (χ0) is 25.9. The molecule has 38 heavy (non-hydrogen) atoms. The fourth-order valence-electron chi connectivity index (χ4n) is 5.21. The first kappa shape index (κ1) is 24.1. The third-order valence-corrected chi connectivity index (χ3v) is 7.42. The largest absolute Gasteiger partial charge is 0.493 e. The fraction of sp³-hybridized carbons (Fsp3) is 0.212. The van der Waals surface area contributed by atoms with E-state index in [1.54, 1.807) is 14.2 Å². The van der Waals surface area contributed by atoms with E-state index in [0.717, 1.165) is 66.3 Å². The fourth-order valence-corrected chi connectivity index (χ4v) is 5.21. The number of fused-ring (bicyclic) bond motifs is 2. The summed E-state index contributed by atoms with van der Waals surface area (Å²) >= 11 is 0. The van der Waals surface area contributed by atoms with Crippen molar-refractivity contribution in [2.24, 2.45) is 0 Å². The number of ether oxygens (including phenoxy) is 2. The molecule has 0 unspecified atom stereocenters. The second-order valence-corrected chi connectivity index (χ2v) is 9.78. The van der Waals surface area contributed by atoms with Crippen LogP contribution in [0.2, 0.25) is 0 Å². The number of benzene rings is 4. The predicted molar refractivity (Wildman–Crippen MR) is 153 cm³/mol. The molecule has 0 saturated carbocycles. The minimum Gasteiger partial charge on any atom is -0.493 e. The Kier molecular flexibility index (Phi) is 6.76. The zero-order valence-electron chi connectivity index (χ0n) is 21.9. The van der Waals surface area contributed by atoms with E-state index in [4.69, 9.17) is 14.5 Å². The van der Waals surface area contributed by atoms with E-state index >= 15 is 0 Å². The molecule has 0 aliphatic carbocycles. The summed E-state index contributed by atoms with van der Waals surface area (Å²) in [4.78, 5) is 11.9. The Bertz CT molecular complexity index is 1570. The summed E-state index contributed by atoms with van der Waals surface area (Å²) in [5.41, 5.74) is 8.39. The first-order valence-corrected chi connectivity index (χ1v) is 13.1. The van der Waals surface area contributed by atoms with Crippen molar-refractivity contribution in [3.8, 4) is 34.0 Å². The first-order chi connectivity index (χ1) is 18.7. The highest BCUT2D eigenvalue weighted by Crippen LogP contribution is 2.33. The van der Waals surface area contributed by atoms with Crippen LogP contribution in [0.5, 0.6) is 11.5 Å². The van der Waals surface area contributed by atoms with Gasteiger partial charge in [-0.05, 0) is 58.9 Å². The van der Waals surface area contributed by atoms with E-state index in [9.17, 15) is 0 Å². The van der Waals surface area contributed by atoms with Gasteiger partial charge in [0.05, 0.1) is 19.7 Å². The number of rotatable bonds is 7.